The second-order valence-corrected chi connectivity index (χ2v) is 9.70. The predicted octanol–water partition coefficient (Wildman–Crippen LogP) is 6.00. The van der Waals surface area contributed by atoms with Gasteiger partial charge in [-0.1, -0.05) is 24.3 Å². The van der Waals surface area contributed by atoms with E-state index in [9.17, 15) is 8.42 Å². The predicted molar refractivity (Wildman–Crippen MR) is 134 cm³/mol. The van der Waals surface area contributed by atoms with Crippen LogP contribution in [-0.2, 0) is 10.0 Å². The van der Waals surface area contributed by atoms with Gasteiger partial charge in [-0.25, -0.2) is 8.42 Å². The molecule has 4 aromatic rings. The molecule has 0 aliphatic rings. The largest absolute Gasteiger partial charge is 0.496 e. The van der Waals surface area contributed by atoms with E-state index in [1.807, 2.05) is 48.5 Å². The number of rotatable bonds is 6. The van der Waals surface area contributed by atoms with Crippen LogP contribution in [0.2, 0.25) is 0 Å². The molecular formula is C24H19IN2O3S. The zero-order chi connectivity index (χ0) is 21.8. The van der Waals surface area contributed by atoms with Gasteiger partial charge in [0, 0.05) is 26.4 Å². The topological polar surface area (TPSA) is 67.8 Å². The lowest BCUT2D eigenvalue weighted by atomic mass is 10.0. The number of ether oxygens (including phenoxy) is 1. The number of sulfonamides is 1. The third-order valence-electron chi connectivity index (χ3n) is 4.73. The second kappa shape index (κ2) is 9.07. The van der Waals surface area contributed by atoms with Gasteiger partial charge in [0.1, 0.15) is 5.75 Å². The van der Waals surface area contributed by atoms with Gasteiger partial charge in [-0.05, 0) is 88.6 Å². The Balaban J connectivity index is 1.56. The summed E-state index contributed by atoms with van der Waals surface area (Å²) in [5.41, 5.74) is 2.13. The highest BCUT2D eigenvalue weighted by Crippen LogP contribution is 2.28. The van der Waals surface area contributed by atoms with Gasteiger partial charge >= 0.3 is 0 Å². The summed E-state index contributed by atoms with van der Waals surface area (Å²) in [6, 6.07) is 25.5. The van der Waals surface area contributed by atoms with Crippen LogP contribution in [0.25, 0.3) is 10.8 Å². The first-order chi connectivity index (χ1) is 15.0. The third kappa shape index (κ3) is 4.88. The summed E-state index contributed by atoms with van der Waals surface area (Å²) in [5, 5.41) is 2.04. The monoisotopic (exact) mass is 542 g/mol. The van der Waals surface area contributed by atoms with Crippen molar-refractivity contribution in [2.24, 2.45) is 4.99 Å². The number of halogens is 1. The van der Waals surface area contributed by atoms with Crippen LogP contribution in [-0.4, -0.2) is 21.7 Å². The van der Waals surface area contributed by atoms with Gasteiger partial charge in [0.25, 0.3) is 10.0 Å². The lowest BCUT2D eigenvalue weighted by molar-refractivity contribution is 0.420. The van der Waals surface area contributed by atoms with Gasteiger partial charge in [0.15, 0.2) is 0 Å². The van der Waals surface area contributed by atoms with E-state index < -0.39 is 10.0 Å². The molecule has 0 bridgehead atoms. The van der Waals surface area contributed by atoms with Gasteiger partial charge in [0.05, 0.1) is 17.7 Å². The highest BCUT2D eigenvalue weighted by molar-refractivity contribution is 14.1. The highest BCUT2D eigenvalue weighted by Gasteiger charge is 2.14. The van der Waals surface area contributed by atoms with Crippen molar-refractivity contribution >= 4 is 61.0 Å². The van der Waals surface area contributed by atoms with E-state index in [0.717, 1.165) is 25.7 Å². The lowest BCUT2D eigenvalue weighted by Gasteiger charge is -2.09. The summed E-state index contributed by atoms with van der Waals surface area (Å²) in [5.74, 6) is 0.808. The maximum absolute atomic E-state index is 12.6. The molecular weight excluding hydrogens is 523 g/mol. The van der Waals surface area contributed by atoms with Crippen LogP contribution in [0.3, 0.4) is 0 Å². The summed E-state index contributed by atoms with van der Waals surface area (Å²) in [6.07, 6.45) is 1.77. The molecule has 0 spiro atoms. The standard InChI is InChI=1S/C24H19IN2O3S/c1-30-24-15-6-17(22-4-2-3-5-23(22)24)16-26-19-11-13-21(14-12-19)31(28,29)27-20-9-7-18(25)8-10-20/h2-16,27H,1H3. The van der Waals surface area contributed by atoms with Crippen LogP contribution >= 0.6 is 22.6 Å². The number of fused-ring (bicyclic) bond motifs is 1. The Morgan fingerprint density at radius 3 is 2.23 bits per heavy atom. The fourth-order valence-electron chi connectivity index (χ4n) is 3.17. The zero-order valence-electron chi connectivity index (χ0n) is 16.6. The first kappa shape index (κ1) is 21.3. The molecule has 1 N–H and O–H groups in total. The Kier molecular flexibility index (Phi) is 6.24. The average Bonchev–Trinajstić information content (AvgIpc) is 2.79. The van der Waals surface area contributed by atoms with Crippen LogP contribution in [0, 0.1) is 3.57 Å². The first-order valence-electron chi connectivity index (χ1n) is 9.44. The molecule has 0 fully saturated rings. The fourth-order valence-corrected chi connectivity index (χ4v) is 4.59. The number of nitrogens with zero attached hydrogens (tertiary/aromatic N) is 1. The van der Waals surface area contributed by atoms with Gasteiger partial charge < -0.3 is 4.74 Å². The molecule has 0 amide bonds. The van der Waals surface area contributed by atoms with E-state index in [1.54, 1.807) is 49.7 Å². The summed E-state index contributed by atoms with van der Waals surface area (Å²) < 4.78 is 34.3. The normalized spacial score (nSPS) is 11.7. The molecule has 0 aliphatic carbocycles. The van der Waals surface area contributed by atoms with Crippen LogP contribution in [0.5, 0.6) is 5.75 Å². The molecule has 0 aliphatic heterocycles. The molecule has 0 unspecified atom stereocenters. The van der Waals surface area contributed by atoms with Crippen molar-refractivity contribution in [3.8, 4) is 5.75 Å². The summed E-state index contributed by atoms with van der Waals surface area (Å²) in [7, 11) is -2.01. The van der Waals surface area contributed by atoms with E-state index >= 15 is 0 Å². The minimum absolute atomic E-state index is 0.180. The number of hydrogen-bond donors (Lipinski definition) is 1. The van der Waals surface area contributed by atoms with Crippen molar-refractivity contribution in [1.82, 2.24) is 0 Å². The SMILES string of the molecule is COc1ccc(C=Nc2ccc(S(=O)(=O)Nc3ccc(I)cc3)cc2)c2ccccc12. The highest BCUT2D eigenvalue weighted by atomic mass is 127. The van der Waals surface area contributed by atoms with Gasteiger partial charge in [-0.3, -0.25) is 9.71 Å². The number of anilines is 1. The molecule has 0 heterocycles. The van der Waals surface area contributed by atoms with E-state index in [2.05, 4.69) is 32.3 Å². The smallest absolute Gasteiger partial charge is 0.261 e. The maximum atomic E-state index is 12.6. The Bertz CT molecular complexity index is 1350. The molecule has 5 nitrogen and oxygen atoms in total. The van der Waals surface area contributed by atoms with Crippen molar-refractivity contribution < 1.29 is 13.2 Å². The molecule has 4 rings (SSSR count). The Hall–Kier alpha value is -2.91. The fraction of sp³-hybridized carbons (Fsp3) is 0.0417. The van der Waals surface area contributed by atoms with Crippen LogP contribution in [0.4, 0.5) is 11.4 Å². The number of benzene rings is 4. The van der Waals surface area contributed by atoms with E-state index in [-0.39, 0.29) is 4.90 Å². The van der Waals surface area contributed by atoms with Crippen LogP contribution < -0.4 is 9.46 Å². The van der Waals surface area contributed by atoms with Crippen molar-refractivity contribution in [1.29, 1.82) is 0 Å². The summed E-state index contributed by atoms with van der Waals surface area (Å²) in [4.78, 5) is 4.70. The van der Waals surface area contributed by atoms with Gasteiger partial charge in [-0.15, -0.1) is 0 Å². The van der Waals surface area contributed by atoms with Gasteiger partial charge in [0.2, 0.25) is 0 Å². The summed E-state index contributed by atoms with van der Waals surface area (Å²) >= 11 is 2.17. The first-order valence-corrected chi connectivity index (χ1v) is 12.0. The molecule has 0 atom stereocenters. The quantitative estimate of drug-likeness (QED) is 0.240. The molecule has 156 valence electrons. The van der Waals surface area contributed by atoms with Crippen molar-refractivity contribution in [2.75, 3.05) is 11.8 Å². The lowest BCUT2D eigenvalue weighted by Crippen LogP contribution is -2.12. The van der Waals surface area contributed by atoms with Crippen molar-refractivity contribution in [3.63, 3.8) is 0 Å². The zero-order valence-corrected chi connectivity index (χ0v) is 19.6. The molecule has 7 heteroatoms. The van der Waals surface area contributed by atoms with Crippen LogP contribution in [0.15, 0.2) is 94.8 Å². The molecule has 0 aromatic heterocycles. The number of hydrogen-bond acceptors (Lipinski definition) is 4. The molecule has 0 saturated carbocycles. The third-order valence-corrected chi connectivity index (χ3v) is 6.85. The minimum atomic E-state index is -3.66. The summed E-state index contributed by atoms with van der Waals surface area (Å²) in [6.45, 7) is 0. The number of methoxy groups -OCH3 is 1. The molecule has 0 saturated heterocycles. The van der Waals surface area contributed by atoms with Gasteiger partial charge in [-0.2, -0.15) is 0 Å². The maximum Gasteiger partial charge on any atom is 0.261 e. The van der Waals surface area contributed by atoms with E-state index in [0.29, 0.717) is 11.4 Å². The molecule has 0 radical (unpaired) electrons. The number of aliphatic imine (C=N–C) groups is 1. The van der Waals surface area contributed by atoms with Crippen molar-refractivity contribution in [2.45, 2.75) is 4.90 Å². The Morgan fingerprint density at radius 1 is 0.871 bits per heavy atom. The Morgan fingerprint density at radius 2 is 1.55 bits per heavy atom. The van der Waals surface area contributed by atoms with Crippen LogP contribution in [0.1, 0.15) is 5.56 Å². The van der Waals surface area contributed by atoms with Crippen molar-refractivity contribution in [3.05, 3.63) is 94.1 Å². The molecule has 4 aromatic carbocycles. The Labute approximate surface area is 195 Å². The molecule has 31 heavy (non-hydrogen) atoms. The second-order valence-electron chi connectivity index (χ2n) is 6.77. The van der Waals surface area contributed by atoms with E-state index in [1.165, 1.54) is 0 Å². The number of nitrogens with one attached hydrogen (secondary N) is 1. The average molecular weight is 542 g/mol. The minimum Gasteiger partial charge on any atom is -0.496 e. The van der Waals surface area contributed by atoms with E-state index in [4.69, 9.17) is 4.74 Å².